The number of rotatable bonds is 7. The highest BCUT2D eigenvalue weighted by atomic mass is 32.1. The Hall–Kier alpha value is -2.63. The van der Waals surface area contributed by atoms with Gasteiger partial charge in [0.1, 0.15) is 0 Å². The second-order valence-corrected chi connectivity index (χ2v) is 7.40. The van der Waals surface area contributed by atoms with E-state index in [1.165, 1.54) is 0 Å². The van der Waals surface area contributed by atoms with Crippen LogP contribution in [0.5, 0.6) is 0 Å². The van der Waals surface area contributed by atoms with Gasteiger partial charge < -0.3 is 15.0 Å². The molecule has 2 aromatic carbocycles. The Bertz CT molecular complexity index is 879. The van der Waals surface area contributed by atoms with E-state index in [9.17, 15) is 4.79 Å². The number of carbonyl (C=O) groups is 1. The van der Waals surface area contributed by atoms with Gasteiger partial charge in [-0.1, -0.05) is 25.1 Å². The van der Waals surface area contributed by atoms with Gasteiger partial charge in [0, 0.05) is 24.2 Å². The summed E-state index contributed by atoms with van der Waals surface area (Å²) in [5, 5.41) is 6.20. The van der Waals surface area contributed by atoms with Gasteiger partial charge in [0.25, 0.3) is 0 Å². The molecular weight excluding hydrogens is 356 g/mol. The summed E-state index contributed by atoms with van der Waals surface area (Å²) >= 11 is 1.70. The summed E-state index contributed by atoms with van der Waals surface area (Å²) in [6.07, 6.45) is 0. The van der Waals surface area contributed by atoms with E-state index in [2.05, 4.69) is 52.9 Å². The second-order valence-electron chi connectivity index (χ2n) is 6.47. The van der Waals surface area contributed by atoms with Gasteiger partial charge in [-0.3, -0.25) is 4.79 Å². The van der Waals surface area contributed by atoms with Crippen LogP contribution < -0.4 is 10.2 Å². The topological polar surface area (TPSA) is 41.6 Å². The Morgan fingerprint density at radius 1 is 1.15 bits per heavy atom. The van der Waals surface area contributed by atoms with Crippen molar-refractivity contribution in [2.75, 3.05) is 23.9 Å². The van der Waals surface area contributed by atoms with Gasteiger partial charge in [-0.25, -0.2) is 0 Å². The molecule has 0 fully saturated rings. The molecule has 4 nitrogen and oxygen atoms in total. The predicted octanol–water partition coefficient (Wildman–Crippen LogP) is 5.75. The van der Waals surface area contributed by atoms with E-state index < -0.39 is 0 Å². The summed E-state index contributed by atoms with van der Waals surface area (Å²) in [6.45, 7) is 4.32. The fourth-order valence-corrected chi connectivity index (χ4v) is 3.70. The van der Waals surface area contributed by atoms with E-state index in [0.717, 1.165) is 27.6 Å². The lowest BCUT2D eigenvalue weighted by atomic mass is 10.1. The van der Waals surface area contributed by atoms with Crippen LogP contribution in [0.1, 0.15) is 12.5 Å². The number of methoxy groups -OCH3 is 1. The zero-order chi connectivity index (χ0) is 19.2. The number of nitrogens with zero attached hydrogens (tertiary/aromatic N) is 1. The Balaban J connectivity index is 1.90. The maximum atomic E-state index is 12.2. The molecule has 0 aliphatic rings. The number of nitrogens with one attached hydrogen (secondary N) is 1. The van der Waals surface area contributed by atoms with Crippen LogP contribution in [0.3, 0.4) is 0 Å². The van der Waals surface area contributed by atoms with E-state index in [4.69, 9.17) is 4.74 Å². The molecule has 27 heavy (non-hydrogen) atoms. The molecule has 0 bridgehead atoms. The molecule has 5 heteroatoms. The van der Waals surface area contributed by atoms with Crippen LogP contribution in [0.15, 0.2) is 66.0 Å². The third-order valence-electron chi connectivity index (χ3n) is 4.31. The fourth-order valence-electron chi connectivity index (χ4n) is 2.93. The largest absolute Gasteiger partial charge is 0.384 e. The van der Waals surface area contributed by atoms with Crippen molar-refractivity contribution in [1.82, 2.24) is 0 Å². The summed E-state index contributed by atoms with van der Waals surface area (Å²) in [6, 6.07) is 20.5. The van der Waals surface area contributed by atoms with Gasteiger partial charge in [-0.05, 0) is 60.3 Å². The van der Waals surface area contributed by atoms with Gasteiger partial charge >= 0.3 is 0 Å². The second kappa shape index (κ2) is 8.84. The minimum absolute atomic E-state index is 0.0397. The van der Waals surface area contributed by atoms with E-state index in [-0.39, 0.29) is 11.8 Å². The molecule has 1 aromatic heterocycles. The first-order valence-corrected chi connectivity index (χ1v) is 9.77. The lowest BCUT2D eigenvalue weighted by Crippen LogP contribution is -2.23. The number of para-hydroxylation sites is 1. The standard InChI is InChI=1S/C22H24N2O2S/c1-16-14-18(23-22(25)17(2)15-26-3)11-12-20(16)24(21-10-7-13-27-21)19-8-5-4-6-9-19/h4-14,17H,15H2,1-3H3,(H,23,25). The summed E-state index contributed by atoms with van der Waals surface area (Å²) in [4.78, 5) is 14.5. The number of benzene rings is 2. The first kappa shape index (κ1) is 19.1. The molecule has 0 aliphatic carbocycles. The average molecular weight is 381 g/mol. The normalized spacial score (nSPS) is 11.8. The Morgan fingerprint density at radius 2 is 1.93 bits per heavy atom. The maximum absolute atomic E-state index is 12.2. The fraction of sp³-hybridized carbons (Fsp3) is 0.227. The van der Waals surface area contributed by atoms with Crippen molar-refractivity contribution in [3.63, 3.8) is 0 Å². The van der Waals surface area contributed by atoms with E-state index in [1.807, 2.05) is 37.3 Å². The number of thiophene rings is 1. The van der Waals surface area contributed by atoms with Gasteiger partial charge in [0.2, 0.25) is 5.91 Å². The van der Waals surface area contributed by atoms with Crippen molar-refractivity contribution in [2.24, 2.45) is 5.92 Å². The number of amides is 1. The first-order valence-electron chi connectivity index (χ1n) is 8.89. The van der Waals surface area contributed by atoms with Crippen molar-refractivity contribution < 1.29 is 9.53 Å². The van der Waals surface area contributed by atoms with Crippen LogP contribution >= 0.6 is 11.3 Å². The summed E-state index contributed by atoms with van der Waals surface area (Å²) in [5.74, 6) is -0.232. The summed E-state index contributed by atoms with van der Waals surface area (Å²) in [7, 11) is 1.60. The van der Waals surface area contributed by atoms with Crippen LogP contribution in [0.4, 0.5) is 22.1 Å². The molecule has 140 valence electrons. The van der Waals surface area contributed by atoms with Gasteiger partial charge in [0.15, 0.2) is 0 Å². The first-order chi connectivity index (χ1) is 13.1. The molecular formula is C22H24N2O2S. The Labute approximate surface area is 164 Å². The number of ether oxygens (including phenoxy) is 1. The van der Waals surface area contributed by atoms with Crippen LogP contribution in [-0.4, -0.2) is 19.6 Å². The maximum Gasteiger partial charge on any atom is 0.229 e. The molecule has 3 aromatic rings. The Kier molecular flexibility index (Phi) is 6.27. The molecule has 1 N–H and O–H groups in total. The van der Waals surface area contributed by atoms with Crippen LogP contribution in [0.25, 0.3) is 0 Å². The molecule has 0 spiro atoms. The van der Waals surface area contributed by atoms with E-state index in [0.29, 0.717) is 6.61 Å². The van der Waals surface area contributed by atoms with Crippen molar-refractivity contribution >= 4 is 39.3 Å². The molecule has 0 saturated heterocycles. The van der Waals surface area contributed by atoms with E-state index in [1.54, 1.807) is 18.4 Å². The molecule has 1 amide bonds. The smallest absolute Gasteiger partial charge is 0.229 e. The van der Waals surface area contributed by atoms with Gasteiger partial charge in [0.05, 0.1) is 17.5 Å². The molecule has 3 rings (SSSR count). The number of hydrogen-bond donors (Lipinski definition) is 1. The van der Waals surface area contributed by atoms with Crippen LogP contribution in [-0.2, 0) is 9.53 Å². The summed E-state index contributed by atoms with van der Waals surface area (Å²) in [5.41, 5.74) is 4.08. The third-order valence-corrected chi connectivity index (χ3v) is 5.16. The van der Waals surface area contributed by atoms with Gasteiger partial charge in [-0.2, -0.15) is 0 Å². The highest BCUT2D eigenvalue weighted by Gasteiger charge is 2.17. The van der Waals surface area contributed by atoms with Crippen molar-refractivity contribution in [2.45, 2.75) is 13.8 Å². The number of aryl methyl sites for hydroxylation is 1. The minimum atomic E-state index is -0.193. The lowest BCUT2D eigenvalue weighted by molar-refractivity contribution is -0.120. The molecule has 0 saturated carbocycles. The predicted molar refractivity (Wildman–Crippen MR) is 113 cm³/mol. The van der Waals surface area contributed by atoms with Gasteiger partial charge in [-0.15, -0.1) is 11.3 Å². The zero-order valence-electron chi connectivity index (χ0n) is 15.8. The molecule has 1 heterocycles. The lowest BCUT2D eigenvalue weighted by Gasteiger charge is -2.25. The zero-order valence-corrected chi connectivity index (χ0v) is 16.6. The highest BCUT2D eigenvalue weighted by Crippen LogP contribution is 2.39. The molecule has 0 aliphatic heterocycles. The summed E-state index contributed by atoms with van der Waals surface area (Å²) < 4.78 is 5.06. The van der Waals surface area contributed by atoms with Crippen LogP contribution in [0.2, 0.25) is 0 Å². The molecule has 0 radical (unpaired) electrons. The number of anilines is 4. The monoisotopic (exact) mass is 380 g/mol. The van der Waals surface area contributed by atoms with E-state index >= 15 is 0 Å². The molecule has 1 atom stereocenters. The third kappa shape index (κ3) is 4.56. The SMILES string of the molecule is COCC(C)C(=O)Nc1ccc(N(c2ccccc2)c2cccs2)c(C)c1. The van der Waals surface area contributed by atoms with Crippen LogP contribution in [0, 0.1) is 12.8 Å². The van der Waals surface area contributed by atoms with Crippen molar-refractivity contribution in [1.29, 1.82) is 0 Å². The van der Waals surface area contributed by atoms with Crippen molar-refractivity contribution in [3.8, 4) is 0 Å². The average Bonchev–Trinajstić information content (AvgIpc) is 3.19. The quantitative estimate of drug-likeness (QED) is 0.568. The number of carbonyl (C=O) groups excluding carboxylic acids is 1. The number of hydrogen-bond acceptors (Lipinski definition) is 4. The molecule has 1 unspecified atom stereocenters. The minimum Gasteiger partial charge on any atom is -0.384 e. The van der Waals surface area contributed by atoms with Crippen molar-refractivity contribution in [3.05, 3.63) is 71.6 Å². The highest BCUT2D eigenvalue weighted by molar-refractivity contribution is 7.14. The Morgan fingerprint density at radius 3 is 2.56 bits per heavy atom.